The van der Waals surface area contributed by atoms with E-state index in [-0.39, 0.29) is 0 Å². The predicted octanol–water partition coefficient (Wildman–Crippen LogP) is 1.41. The van der Waals surface area contributed by atoms with Crippen molar-refractivity contribution < 1.29 is 4.79 Å². The highest BCUT2D eigenvalue weighted by Crippen LogP contribution is 2.24. The molecule has 0 radical (unpaired) electrons. The SMILES string of the molecule is Cc1cc(C2=CCNCC2)n(C(N)=O)c1C. The number of aromatic nitrogens is 1. The zero-order valence-electron chi connectivity index (χ0n) is 9.71. The lowest BCUT2D eigenvalue weighted by atomic mass is 10.1. The summed E-state index contributed by atoms with van der Waals surface area (Å²) in [6.07, 6.45) is 3.06. The second-order valence-corrected chi connectivity index (χ2v) is 4.16. The highest BCUT2D eigenvalue weighted by molar-refractivity contribution is 5.82. The van der Waals surface area contributed by atoms with Crippen molar-refractivity contribution >= 4 is 11.6 Å². The van der Waals surface area contributed by atoms with E-state index in [1.54, 1.807) is 4.57 Å². The molecule has 86 valence electrons. The molecule has 2 rings (SSSR count). The van der Waals surface area contributed by atoms with E-state index >= 15 is 0 Å². The average molecular weight is 219 g/mol. The van der Waals surface area contributed by atoms with Crippen molar-refractivity contribution in [3.8, 4) is 0 Å². The van der Waals surface area contributed by atoms with Crippen molar-refractivity contribution in [1.82, 2.24) is 9.88 Å². The Morgan fingerprint density at radius 2 is 2.25 bits per heavy atom. The summed E-state index contributed by atoms with van der Waals surface area (Å²) >= 11 is 0. The van der Waals surface area contributed by atoms with E-state index < -0.39 is 6.03 Å². The smallest absolute Gasteiger partial charge is 0.323 e. The van der Waals surface area contributed by atoms with E-state index in [4.69, 9.17) is 5.73 Å². The summed E-state index contributed by atoms with van der Waals surface area (Å²) in [6, 6.07) is 1.64. The molecule has 3 N–H and O–H groups in total. The summed E-state index contributed by atoms with van der Waals surface area (Å²) in [4.78, 5) is 11.4. The maximum Gasteiger partial charge on any atom is 0.323 e. The van der Waals surface area contributed by atoms with Crippen LogP contribution in [0.4, 0.5) is 4.79 Å². The summed E-state index contributed by atoms with van der Waals surface area (Å²) in [6.45, 7) is 5.73. The third-order valence-electron chi connectivity index (χ3n) is 3.11. The monoisotopic (exact) mass is 219 g/mol. The van der Waals surface area contributed by atoms with E-state index in [0.29, 0.717) is 0 Å². The van der Waals surface area contributed by atoms with Gasteiger partial charge < -0.3 is 11.1 Å². The molecule has 0 aromatic carbocycles. The van der Waals surface area contributed by atoms with Crippen LogP contribution in [0.25, 0.3) is 5.57 Å². The third-order valence-corrected chi connectivity index (χ3v) is 3.11. The second-order valence-electron chi connectivity index (χ2n) is 4.16. The first-order chi connectivity index (χ1) is 7.61. The fraction of sp³-hybridized carbons (Fsp3) is 0.417. The molecule has 1 aliphatic rings. The summed E-state index contributed by atoms with van der Waals surface area (Å²) in [5.74, 6) is 0. The number of primary amides is 1. The van der Waals surface area contributed by atoms with Crippen molar-refractivity contribution in [2.75, 3.05) is 13.1 Å². The standard InChI is InChI=1S/C12H17N3O/c1-8-7-11(10-3-5-14-6-4-10)15(9(8)2)12(13)16/h3,7,14H,4-6H2,1-2H3,(H2,13,16). The Hall–Kier alpha value is -1.55. The molecule has 1 aromatic heterocycles. The van der Waals surface area contributed by atoms with Crippen molar-refractivity contribution in [2.45, 2.75) is 20.3 Å². The number of hydrogen-bond acceptors (Lipinski definition) is 2. The summed E-state index contributed by atoms with van der Waals surface area (Å²) < 4.78 is 1.60. The van der Waals surface area contributed by atoms with E-state index in [1.807, 2.05) is 19.9 Å². The molecule has 0 unspecified atom stereocenters. The largest absolute Gasteiger partial charge is 0.351 e. The normalized spacial score (nSPS) is 16.0. The maximum atomic E-state index is 11.4. The van der Waals surface area contributed by atoms with Crippen LogP contribution in [0, 0.1) is 13.8 Å². The van der Waals surface area contributed by atoms with Gasteiger partial charge in [-0.25, -0.2) is 4.79 Å². The van der Waals surface area contributed by atoms with Gasteiger partial charge in [0.2, 0.25) is 0 Å². The highest BCUT2D eigenvalue weighted by Gasteiger charge is 2.17. The fourth-order valence-corrected chi connectivity index (χ4v) is 2.11. The number of aryl methyl sites for hydroxylation is 1. The summed E-state index contributed by atoms with van der Waals surface area (Å²) in [5.41, 5.74) is 9.60. The summed E-state index contributed by atoms with van der Waals surface area (Å²) in [5, 5.41) is 3.25. The van der Waals surface area contributed by atoms with Gasteiger partial charge >= 0.3 is 6.03 Å². The van der Waals surface area contributed by atoms with E-state index in [0.717, 1.165) is 36.5 Å². The Kier molecular flexibility index (Phi) is 2.83. The van der Waals surface area contributed by atoms with E-state index in [2.05, 4.69) is 11.4 Å². The molecule has 0 aliphatic carbocycles. The molecular weight excluding hydrogens is 202 g/mol. The van der Waals surface area contributed by atoms with Crippen LogP contribution >= 0.6 is 0 Å². The number of nitrogens with zero attached hydrogens (tertiary/aromatic N) is 1. The maximum absolute atomic E-state index is 11.4. The van der Waals surface area contributed by atoms with Crippen LogP contribution in [-0.2, 0) is 0 Å². The number of hydrogen-bond donors (Lipinski definition) is 2. The van der Waals surface area contributed by atoms with Gasteiger partial charge in [0.1, 0.15) is 0 Å². The first kappa shape index (κ1) is 11.0. The lowest BCUT2D eigenvalue weighted by Gasteiger charge is -2.15. The fourth-order valence-electron chi connectivity index (χ4n) is 2.11. The van der Waals surface area contributed by atoms with Crippen LogP contribution in [0.15, 0.2) is 12.1 Å². The topological polar surface area (TPSA) is 60.1 Å². The quantitative estimate of drug-likeness (QED) is 0.750. The lowest BCUT2D eigenvalue weighted by Crippen LogP contribution is -2.25. The van der Waals surface area contributed by atoms with Gasteiger partial charge in [-0.1, -0.05) is 6.08 Å². The van der Waals surface area contributed by atoms with Crippen molar-refractivity contribution in [2.24, 2.45) is 5.73 Å². The highest BCUT2D eigenvalue weighted by atomic mass is 16.2. The van der Waals surface area contributed by atoms with Crippen molar-refractivity contribution in [3.05, 3.63) is 29.1 Å². The van der Waals surface area contributed by atoms with Gasteiger partial charge in [0.15, 0.2) is 0 Å². The number of nitrogens with one attached hydrogen (secondary N) is 1. The molecule has 4 nitrogen and oxygen atoms in total. The second kappa shape index (κ2) is 4.14. The van der Waals surface area contributed by atoms with Gasteiger partial charge in [-0.15, -0.1) is 0 Å². The summed E-state index contributed by atoms with van der Waals surface area (Å²) in [7, 11) is 0. The Morgan fingerprint density at radius 1 is 1.50 bits per heavy atom. The van der Waals surface area contributed by atoms with Gasteiger partial charge in [0.25, 0.3) is 0 Å². The van der Waals surface area contributed by atoms with Crippen LogP contribution < -0.4 is 11.1 Å². The minimum Gasteiger partial charge on any atom is -0.351 e. The molecule has 0 fully saturated rings. The zero-order valence-corrected chi connectivity index (χ0v) is 9.71. The Bertz CT molecular complexity index is 457. The first-order valence-electron chi connectivity index (χ1n) is 5.50. The molecule has 2 heterocycles. The van der Waals surface area contributed by atoms with Gasteiger partial charge in [0, 0.05) is 12.2 Å². The number of nitrogens with two attached hydrogens (primary N) is 1. The Labute approximate surface area is 95.1 Å². The lowest BCUT2D eigenvalue weighted by molar-refractivity contribution is 0.250. The molecule has 1 aromatic rings. The predicted molar refractivity (Wildman–Crippen MR) is 64.4 cm³/mol. The molecule has 0 saturated carbocycles. The van der Waals surface area contributed by atoms with Gasteiger partial charge in [-0.05, 0) is 44.0 Å². The van der Waals surface area contributed by atoms with Crippen LogP contribution in [0.3, 0.4) is 0 Å². The molecule has 1 aliphatic heterocycles. The molecule has 16 heavy (non-hydrogen) atoms. The number of carbonyl (C=O) groups is 1. The van der Waals surface area contributed by atoms with E-state index in [1.165, 1.54) is 5.57 Å². The van der Waals surface area contributed by atoms with Crippen molar-refractivity contribution in [1.29, 1.82) is 0 Å². The van der Waals surface area contributed by atoms with Crippen LogP contribution in [0.2, 0.25) is 0 Å². The first-order valence-corrected chi connectivity index (χ1v) is 5.50. The minimum absolute atomic E-state index is 0.403. The average Bonchev–Trinajstić information content (AvgIpc) is 2.57. The number of carbonyl (C=O) groups excluding carboxylic acids is 1. The Morgan fingerprint density at radius 3 is 2.81 bits per heavy atom. The van der Waals surface area contributed by atoms with E-state index in [9.17, 15) is 4.79 Å². The zero-order chi connectivity index (χ0) is 11.7. The molecule has 0 spiro atoms. The van der Waals surface area contributed by atoms with Crippen molar-refractivity contribution in [3.63, 3.8) is 0 Å². The number of rotatable bonds is 1. The molecule has 4 heteroatoms. The molecule has 0 saturated heterocycles. The van der Waals surface area contributed by atoms with Gasteiger partial charge in [-0.2, -0.15) is 0 Å². The third kappa shape index (κ3) is 1.76. The molecule has 0 atom stereocenters. The van der Waals surface area contributed by atoms with Crippen LogP contribution in [0.1, 0.15) is 23.4 Å². The van der Waals surface area contributed by atoms with Gasteiger partial charge in [-0.3, -0.25) is 4.57 Å². The Balaban J connectivity index is 2.51. The van der Waals surface area contributed by atoms with Crippen LogP contribution in [0.5, 0.6) is 0 Å². The van der Waals surface area contributed by atoms with Crippen LogP contribution in [-0.4, -0.2) is 23.7 Å². The molecule has 1 amide bonds. The minimum atomic E-state index is -0.403. The number of amides is 1. The molecule has 0 bridgehead atoms. The van der Waals surface area contributed by atoms with Gasteiger partial charge in [0.05, 0.1) is 5.69 Å². The molecular formula is C12H17N3O.